The molecule has 1 aromatic heterocycles. The lowest BCUT2D eigenvalue weighted by atomic mass is 9.99. The molecule has 22 heavy (non-hydrogen) atoms. The SMILES string of the molecule is CC1(c2ccco2)NC(=O)N(Cc2ccc(CO)cc2)C1=O. The van der Waals surface area contributed by atoms with E-state index in [2.05, 4.69) is 5.32 Å². The van der Waals surface area contributed by atoms with Gasteiger partial charge >= 0.3 is 6.03 Å². The van der Waals surface area contributed by atoms with Gasteiger partial charge in [-0.1, -0.05) is 24.3 Å². The highest BCUT2D eigenvalue weighted by molar-refractivity contribution is 6.06. The maximum atomic E-state index is 12.6. The molecule has 0 spiro atoms. The molecule has 114 valence electrons. The maximum Gasteiger partial charge on any atom is 0.325 e. The molecule has 1 aromatic carbocycles. The summed E-state index contributed by atoms with van der Waals surface area (Å²) in [5, 5.41) is 11.7. The fourth-order valence-corrected chi connectivity index (χ4v) is 2.50. The number of carbonyl (C=O) groups is 2. The molecule has 0 saturated carbocycles. The van der Waals surface area contributed by atoms with Crippen molar-refractivity contribution < 1.29 is 19.1 Å². The summed E-state index contributed by atoms with van der Waals surface area (Å²) in [6, 6.07) is 9.99. The second-order valence-corrected chi connectivity index (χ2v) is 5.40. The minimum Gasteiger partial charge on any atom is -0.466 e. The first-order chi connectivity index (χ1) is 10.5. The van der Waals surface area contributed by atoms with E-state index in [-0.39, 0.29) is 19.1 Å². The largest absolute Gasteiger partial charge is 0.466 e. The maximum absolute atomic E-state index is 12.6. The van der Waals surface area contributed by atoms with Gasteiger partial charge in [0, 0.05) is 0 Å². The third-order valence-corrected chi connectivity index (χ3v) is 3.84. The monoisotopic (exact) mass is 300 g/mol. The van der Waals surface area contributed by atoms with Crippen molar-refractivity contribution in [3.8, 4) is 0 Å². The van der Waals surface area contributed by atoms with Crippen molar-refractivity contribution in [2.45, 2.75) is 25.6 Å². The summed E-state index contributed by atoms with van der Waals surface area (Å²) in [5.41, 5.74) is 0.414. The zero-order valence-corrected chi connectivity index (χ0v) is 12.1. The number of rotatable bonds is 4. The van der Waals surface area contributed by atoms with Gasteiger partial charge < -0.3 is 14.8 Å². The molecule has 1 atom stereocenters. The lowest BCUT2D eigenvalue weighted by Crippen LogP contribution is -2.40. The number of aliphatic hydroxyl groups is 1. The molecule has 2 heterocycles. The Bertz CT molecular complexity index is 693. The first-order valence-electron chi connectivity index (χ1n) is 6.91. The van der Waals surface area contributed by atoms with Crippen molar-refractivity contribution in [1.29, 1.82) is 0 Å². The summed E-state index contributed by atoms with van der Waals surface area (Å²) in [5.74, 6) is 0.0580. The Morgan fingerprint density at radius 2 is 1.86 bits per heavy atom. The van der Waals surface area contributed by atoms with E-state index in [1.165, 1.54) is 6.26 Å². The number of nitrogens with one attached hydrogen (secondary N) is 1. The second-order valence-electron chi connectivity index (χ2n) is 5.40. The van der Waals surface area contributed by atoms with Crippen LogP contribution in [0.3, 0.4) is 0 Å². The number of urea groups is 1. The van der Waals surface area contributed by atoms with Crippen LogP contribution in [0.2, 0.25) is 0 Å². The van der Waals surface area contributed by atoms with Crippen molar-refractivity contribution in [2.24, 2.45) is 0 Å². The minimum absolute atomic E-state index is 0.0417. The Labute approximate surface area is 127 Å². The molecule has 0 radical (unpaired) electrons. The summed E-state index contributed by atoms with van der Waals surface area (Å²) >= 11 is 0. The number of furan rings is 1. The topological polar surface area (TPSA) is 82.8 Å². The number of amides is 3. The highest BCUT2D eigenvalue weighted by Gasteiger charge is 2.50. The molecule has 6 heteroatoms. The van der Waals surface area contributed by atoms with Crippen LogP contribution in [0.5, 0.6) is 0 Å². The fraction of sp³-hybridized carbons (Fsp3) is 0.250. The molecule has 2 N–H and O–H groups in total. The Balaban J connectivity index is 1.82. The number of carbonyl (C=O) groups excluding carboxylic acids is 2. The number of aliphatic hydroxyl groups excluding tert-OH is 1. The predicted octanol–water partition coefficient (Wildman–Crippen LogP) is 1.74. The Kier molecular flexibility index (Phi) is 3.46. The molecular formula is C16H16N2O4. The van der Waals surface area contributed by atoms with E-state index >= 15 is 0 Å². The van der Waals surface area contributed by atoms with E-state index in [0.29, 0.717) is 5.76 Å². The van der Waals surface area contributed by atoms with Crippen LogP contribution < -0.4 is 5.32 Å². The third kappa shape index (κ3) is 2.27. The van der Waals surface area contributed by atoms with Gasteiger partial charge in [-0.2, -0.15) is 0 Å². The molecule has 0 bridgehead atoms. The van der Waals surface area contributed by atoms with Crippen LogP contribution in [0, 0.1) is 0 Å². The quantitative estimate of drug-likeness (QED) is 0.843. The molecule has 1 unspecified atom stereocenters. The number of benzene rings is 1. The van der Waals surface area contributed by atoms with E-state index < -0.39 is 11.6 Å². The summed E-state index contributed by atoms with van der Waals surface area (Å²) in [7, 11) is 0. The summed E-state index contributed by atoms with van der Waals surface area (Å²) < 4.78 is 5.28. The van der Waals surface area contributed by atoms with Crippen molar-refractivity contribution >= 4 is 11.9 Å². The van der Waals surface area contributed by atoms with Gasteiger partial charge in [-0.05, 0) is 30.2 Å². The van der Waals surface area contributed by atoms with Gasteiger partial charge in [-0.15, -0.1) is 0 Å². The van der Waals surface area contributed by atoms with Crippen molar-refractivity contribution in [3.63, 3.8) is 0 Å². The van der Waals surface area contributed by atoms with Crippen LogP contribution in [0.15, 0.2) is 47.1 Å². The zero-order chi connectivity index (χ0) is 15.7. The van der Waals surface area contributed by atoms with Gasteiger partial charge in [0.05, 0.1) is 19.4 Å². The fourth-order valence-electron chi connectivity index (χ4n) is 2.50. The van der Waals surface area contributed by atoms with Crippen LogP contribution in [0.25, 0.3) is 0 Å². The average Bonchev–Trinajstić information content (AvgIpc) is 3.13. The molecule has 6 nitrogen and oxygen atoms in total. The summed E-state index contributed by atoms with van der Waals surface area (Å²) in [4.78, 5) is 25.9. The first-order valence-corrected chi connectivity index (χ1v) is 6.91. The van der Waals surface area contributed by atoms with E-state index in [4.69, 9.17) is 9.52 Å². The van der Waals surface area contributed by atoms with E-state index in [9.17, 15) is 9.59 Å². The molecule has 3 rings (SSSR count). The molecule has 0 aliphatic carbocycles. The summed E-state index contributed by atoms with van der Waals surface area (Å²) in [6.45, 7) is 1.76. The highest BCUT2D eigenvalue weighted by Crippen LogP contribution is 2.29. The molecule has 1 fully saturated rings. The van der Waals surface area contributed by atoms with E-state index in [1.54, 1.807) is 43.3 Å². The number of nitrogens with zero attached hydrogens (tertiary/aromatic N) is 1. The lowest BCUT2D eigenvalue weighted by molar-refractivity contribution is -0.132. The molecule has 1 saturated heterocycles. The molecular weight excluding hydrogens is 284 g/mol. The van der Waals surface area contributed by atoms with Crippen LogP contribution in [0.1, 0.15) is 23.8 Å². The van der Waals surface area contributed by atoms with Gasteiger partial charge in [0.2, 0.25) is 0 Å². The van der Waals surface area contributed by atoms with Gasteiger partial charge in [0.25, 0.3) is 5.91 Å². The lowest BCUT2D eigenvalue weighted by Gasteiger charge is -2.19. The van der Waals surface area contributed by atoms with Gasteiger partial charge in [-0.3, -0.25) is 9.69 Å². The highest BCUT2D eigenvalue weighted by atomic mass is 16.3. The van der Waals surface area contributed by atoms with Crippen LogP contribution in [-0.4, -0.2) is 21.9 Å². The predicted molar refractivity (Wildman–Crippen MR) is 77.5 cm³/mol. The van der Waals surface area contributed by atoms with Crippen molar-refractivity contribution in [2.75, 3.05) is 0 Å². The normalized spacial score (nSPS) is 21.3. The van der Waals surface area contributed by atoms with Gasteiger partial charge in [0.15, 0.2) is 5.54 Å². The third-order valence-electron chi connectivity index (χ3n) is 3.84. The first kappa shape index (κ1) is 14.3. The van der Waals surface area contributed by atoms with Gasteiger partial charge in [-0.25, -0.2) is 4.79 Å². The Hall–Kier alpha value is -2.60. The molecule has 2 aromatic rings. The van der Waals surface area contributed by atoms with Crippen LogP contribution >= 0.6 is 0 Å². The van der Waals surface area contributed by atoms with Crippen LogP contribution in [-0.2, 0) is 23.5 Å². The average molecular weight is 300 g/mol. The van der Waals surface area contributed by atoms with Crippen molar-refractivity contribution in [1.82, 2.24) is 10.2 Å². The zero-order valence-electron chi connectivity index (χ0n) is 12.1. The smallest absolute Gasteiger partial charge is 0.325 e. The standard InChI is InChI=1S/C16H16N2O4/c1-16(13-3-2-8-22-13)14(20)18(15(21)17-16)9-11-4-6-12(10-19)7-5-11/h2-8,19H,9-10H2,1H3,(H,17,21). The number of hydrogen-bond acceptors (Lipinski definition) is 4. The van der Waals surface area contributed by atoms with E-state index in [0.717, 1.165) is 16.0 Å². The second kappa shape index (κ2) is 5.31. The Morgan fingerprint density at radius 1 is 1.18 bits per heavy atom. The molecule has 1 aliphatic heterocycles. The van der Waals surface area contributed by atoms with Crippen LogP contribution in [0.4, 0.5) is 4.79 Å². The molecule has 1 aliphatic rings. The number of hydrogen-bond donors (Lipinski definition) is 2. The molecule has 3 amide bonds. The number of imide groups is 1. The minimum atomic E-state index is -1.17. The van der Waals surface area contributed by atoms with E-state index in [1.807, 2.05) is 0 Å². The Morgan fingerprint density at radius 3 is 2.45 bits per heavy atom. The summed E-state index contributed by atoms with van der Waals surface area (Å²) in [6.07, 6.45) is 1.47. The van der Waals surface area contributed by atoms with Gasteiger partial charge in [0.1, 0.15) is 5.76 Å². The van der Waals surface area contributed by atoms with Crippen molar-refractivity contribution in [3.05, 3.63) is 59.5 Å².